The minimum absolute atomic E-state index is 0.0281. The largest absolute Gasteiger partial charge is 0.393 e. The molecule has 1 aliphatic rings. The van der Waals surface area contributed by atoms with Crippen molar-refractivity contribution >= 4 is 0 Å². The van der Waals surface area contributed by atoms with E-state index in [1.54, 1.807) is 0 Å². The van der Waals surface area contributed by atoms with Crippen LogP contribution < -0.4 is 0 Å². The Morgan fingerprint density at radius 3 is 1.60 bits per heavy atom. The predicted molar refractivity (Wildman–Crippen MR) is 109 cm³/mol. The van der Waals surface area contributed by atoms with E-state index in [1.807, 2.05) is 0 Å². The zero-order chi connectivity index (χ0) is 18.2. The first-order valence-electron chi connectivity index (χ1n) is 11.6. The molecule has 1 fully saturated rings. The Bertz CT molecular complexity index is 273. The van der Waals surface area contributed by atoms with Gasteiger partial charge in [-0.3, -0.25) is 0 Å². The molecule has 1 aliphatic carbocycles. The molecule has 0 aromatic rings. The lowest BCUT2D eigenvalue weighted by atomic mass is 9.95. The summed E-state index contributed by atoms with van der Waals surface area (Å²) in [6, 6.07) is 0. The van der Waals surface area contributed by atoms with Crippen LogP contribution in [0.25, 0.3) is 0 Å². The van der Waals surface area contributed by atoms with Gasteiger partial charge in [-0.05, 0) is 38.0 Å². The second kappa shape index (κ2) is 16.1. The molecular weight excluding hydrogens is 308 g/mol. The fourth-order valence-corrected chi connectivity index (χ4v) is 4.32. The fraction of sp³-hybridized carbons (Fsp3) is 1.00. The van der Waals surface area contributed by atoms with Gasteiger partial charge in [0.05, 0.1) is 12.2 Å². The van der Waals surface area contributed by atoms with E-state index in [4.69, 9.17) is 0 Å². The Morgan fingerprint density at radius 1 is 0.640 bits per heavy atom. The van der Waals surface area contributed by atoms with Crippen molar-refractivity contribution in [3.05, 3.63) is 0 Å². The van der Waals surface area contributed by atoms with Crippen LogP contribution >= 0.6 is 0 Å². The zero-order valence-corrected chi connectivity index (χ0v) is 17.1. The van der Waals surface area contributed by atoms with Gasteiger partial charge in [-0.15, -0.1) is 0 Å². The SMILES string of the molecule is CCCCCCCCC(O)CCCCCCCCC(O)C1CCCC1. The molecule has 0 aromatic heterocycles. The van der Waals surface area contributed by atoms with Crippen molar-refractivity contribution in [1.29, 1.82) is 0 Å². The van der Waals surface area contributed by atoms with E-state index < -0.39 is 0 Å². The van der Waals surface area contributed by atoms with E-state index in [2.05, 4.69) is 6.92 Å². The quantitative estimate of drug-likeness (QED) is 0.283. The van der Waals surface area contributed by atoms with Gasteiger partial charge in [0.1, 0.15) is 0 Å². The molecule has 0 radical (unpaired) electrons. The van der Waals surface area contributed by atoms with Crippen LogP contribution in [0.3, 0.4) is 0 Å². The Morgan fingerprint density at radius 2 is 1.08 bits per heavy atom. The number of hydrogen-bond donors (Lipinski definition) is 2. The third-order valence-electron chi connectivity index (χ3n) is 6.12. The Labute approximate surface area is 157 Å². The van der Waals surface area contributed by atoms with Crippen LogP contribution in [0.1, 0.15) is 129 Å². The lowest BCUT2D eigenvalue weighted by Crippen LogP contribution is -2.17. The molecule has 0 saturated heterocycles. The highest BCUT2D eigenvalue weighted by Crippen LogP contribution is 2.29. The summed E-state index contributed by atoms with van der Waals surface area (Å²) >= 11 is 0. The monoisotopic (exact) mass is 354 g/mol. The average molecular weight is 355 g/mol. The number of unbranched alkanes of at least 4 members (excludes halogenated alkanes) is 10. The van der Waals surface area contributed by atoms with Crippen molar-refractivity contribution in [1.82, 2.24) is 0 Å². The summed E-state index contributed by atoms with van der Waals surface area (Å²) in [6.45, 7) is 2.25. The highest BCUT2D eigenvalue weighted by Gasteiger charge is 2.22. The highest BCUT2D eigenvalue weighted by atomic mass is 16.3. The summed E-state index contributed by atoms with van der Waals surface area (Å²) in [4.78, 5) is 0. The number of rotatable bonds is 17. The van der Waals surface area contributed by atoms with Gasteiger partial charge in [-0.2, -0.15) is 0 Å². The van der Waals surface area contributed by atoms with Crippen LogP contribution in [-0.4, -0.2) is 22.4 Å². The second-order valence-electron chi connectivity index (χ2n) is 8.52. The topological polar surface area (TPSA) is 40.5 Å². The van der Waals surface area contributed by atoms with Crippen molar-refractivity contribution in [2.45, 2.75) is 141 Å². The van der Waals surface area contributed by atoms with E-state index in [9.17, 15) is 10.2 Å². The first-order chi connectivity index (χ1) is 12.2. The van der Waals surface area contributed by atoms with Gasteiger partial charge in [0.25, 0.3) is 0 Å². The van der Waals surface area contributed by atoms with E-state index in [0.29, 0.717) is 5.92 Å². The molecule has 150 valence electrons. The molecule has 0 aromatic carbocycles. The molecule has 1 saturated carbocycles. The van der Waals surface area contributed by atoms with Gasteiger partial charge in [-0.1, -0.05) is 96.8 Å². The molecule has 2 atom stereocenters. The summed E-state index contributed by atoms with van der Waals surface area (Å²) < 4.78 is 0. The van der Waals surface area contributed by atoms with Crippen LogP contribution in [-0.2, 0) is 0 Å². The summed E-state index contributed by atoms with van der Waals surface area (Å²) in [5.74, 6) is 0.605. The lowest BCUT2D eigenvalue weighted by molar-refractivity contribution is 0.0988. The van der Waals surface area contributed by atoms with Gasteiger partial charge in [0.2, 0.25) is 0 Å². The van der Waals surface area contributed by atoms with Crippen molar-refractivity contribution in [2.24, 2.45) is 5.92 Å². The first-order valence-corrected chi connectivity index (χ1v) is 11.6. The third-order valence-corrected chi connectivity index (χ3v) is 6.12. The van der Waals surface area contributed by atoms with Gasteiger partial charge >= 0.3 is 0 Å². The van der Waals surface area contributed by atoms with Crippen LogP contribution in [0.5, 0.6) is 0 Å². The minimum atomic E-state index is -0.0623. The predicted octanol–water partition coefficient (Wildman–Crippen LogP) is 6.77. The molecule has 0 heterocycles. The molecule has 2 unspecified atom stereocenters. The third kappa shape index (κ3) is 12.8. The molecule has 1 rings (SSSR count). The van der Waals surface area contributed by atoms with Crippen LogP contribution in [0.2, 0.25) is 0 Å². The summed E-state index contributed by atoms with van der Waals surface area (Å²) in [5, 5.41) is 20.2. The second-order valence-corrected chi connectivity index (χ2v) is 8.52. The van der Waals surface area contributed by atoms with Gasteiger partial charge in [0.15, 0.2) is 0 Å². The normalized spacial score (nSPS) is 17.9. The number of hydrogen-bond acceptors (Lipinski definition) is 2. The van der Waals surface area contributed by atoms with Crippen LogP contribution in [0.4, 0.5) is 0 Å². The molecule has 0 bridgehead atoms. The van der Waals surface area contributed by atoms with Crippen LogP contribution in [0.15, 0.2) is 0 Å². The summed E-state index contributed by atoms with van der Waals surface area (Å²) in [7, 11) is 0. The molecular formula is C23H46O2. The number of aliphatic hydroxyl groups excluding tert-OH is 2. The minimum Gasteiger partial charge on any atom is -0.393 e. The maximum atomic E-state index is 10.2. The maximum Gasteiger partial charge on any atom is 0.0568 e. The molecule has 0 spiro atoms. The van der Waals surface area contributed by atoms with E-state index in [1.165, 1.54) is 103 Å². The summed E-state index contributed by atoms with van der Waals surface area (Å²) in [5.41, 5.74) is 0. The molecule has 2 N–H and O–H groups in total. The summed E-state index contributed by atoms with van der Waals surface area (Å²) in [6.07, 6.45) is 23.5. The van der Waals surface area contributed by atoms with E-state index >= 15 is 0 Å². The van der Waals surface area contributed by atoms with E-state index in [-0.39, 0.29) is 12.2 Å². The molecule has 2 nitrogen and oxygen atoms in total. The standard InChI is InChI=1S/C23H46O2/c1-2-3-4-5-8-11-18-22(24)19-12-9-6-7-10-13-20-23(25)21-16-14-15-17-21/h21-25H,2-20H2,1H3. The fourth-order valence-electron chi connectivity index (χ4n) is 4.32. The Hall–Kier alpha value is -0.0800. The first kappa shape index (κ1) is 23.0. The molecule has 0 aliphatic heterocycles. The number of aliphatic hydroxyl groups is 2. The van der Waals surface area contributed by atoms with Gasteiger partial charge in [-0.25, -0.2) is 0 Å². The Balaban J connectivity index is 1.78. The average Bonchev–Trinajstić information content (AvgIpc) is 3.15. The molecule has 0 amide bonds. The van der Waals surface area contributed by atoms with Crippen molar-refractivity contribution < 1.29 is 10.2 Å². The molecule has 25 heavy (non-hydrogen) atoms. The van der Waals surface area contributed by atoms with Crippen LogP contribution in [0, 0.1) is 5.92 Å². The highest BCUT2D eigenvalue weighted by molar-refractivity contribution is 4.74. The molecule has 2 heteroatoms. The van der Waals surface area contributed by atoms with Crippen molar-refractivity contribution in [3.8, 4) is 0 Å². The maximum absolute atomic E-state index is 10.2. The Kier molecular flexibility index (Phi) is 14.8. The smallest absolute Gasteiger partial charge is 0.0568 e. The van der Waals surface area contributed by atoms with Crippen molar-refractivity contribution in [3.63, 3.8) is 0 Å². The van der Waals surface area contributed by atoms with Gasteiger partial charge in [0, 0.05) is 0 Å². The van der Waals surface area contributed by atoms with Gasteiger partial charge < -0.3 is 10.2 Å². The van der Waals surface area contributed by atoms with Crippen molar-refractivity contribution in [2.75, 3.05) is 0 Å². The lowest BCUT2D eigenvalue weighted by Gasteiger charge is -2.17. The van der Waals surface area contributed by atoms with E-state index in [0.717, 1.165) is 19.3 Å². The zero-order valence-electron chi connectivity index (χ0n) is 17.1.